The topological polar surface area (TPSA) is 102 Å². The lowest BCUT2D eigenvalue weighted by atomic mass is 9.98. The quantitative estimate of drug-likeness (QED) is 0.734. The standard InChI is InChI=1S/C17H20BrN3O5/c1-7-9(14(15(23)25-5)26-17(2,3)4)10(18)12-13-11(7)19-8(22)6-21(13)16(24)20-12/h14H,6H2,1-5H3,(H,19,22)(H,20,24)/t14-/m0/s1. The number of aromatic nitrogens is 2. The van der Waals surface area contributed by atoms with Gasteiger partial charge in [-0.2, -0.15) is 0 Å². The van der Waals surface area contributed by atoms with Crippen molar-refractivity contribution in [2.45, 2.75) is 45.9 Å². The van der Waals surface area contributed by atoms with Crippen LogP contribution in [0.4, 0.5) is 5.69 Å². The first-order valence-corrected chi connectivity index (χ1v) is 8.84. The van der Waals surface area contributed by atoms with Gasteiger partial charge in [0.15, 0.2) is 6.10 Å². The van der Waals surface area contributed by atoms with E-state index in [-0.39, 0.29) is 18.1 Å². The number of anilines is 1. The fourth-order valence-electron chi connectivity index (χ4n) is 3.12. The molecule has 2 aromatic rings. The van der Waals surface area contributed by atoms with Crippen molar-refractivity contribution in [1.29, 1.82) is 0 Å². The van der Waals surface area contributed by atoms with Crippen molar-refractivity contribution in [2.75, 3.05) is 12.4 Å². The van der Waals surface area contributed by atoms with E-state index in [0.29, 0.717) is 32.3 Å². The second-order valence-electron chi connectivity index (χ2n) is 7.15. The number of amides is 1. The molecule has 3 rings (SSSR count). The summed E-state index contributed by atoms with van der Waals surface area (Å²) in [5.74, 6) is -0.873. The maximum Gasteiger partial charge on any atom is 0.339 e. The molecule has 9 heteroatoms. The van der Waals surface area contributed by atoms with Gasteiger partial charge in [0, 0.05) is 5.56 Å². The van der Waals surface area contributed by atoms with Crippen LogP contribution in [-0.4, -0.2) is 34.1 Å². The van der Waals surface area contributed by atoms with Crippen molar-refractivity contribution in [3.63, 3.8) is 0 Å². The molecule has 1 amide bonds. The van der Waals surface area contributed by atoms with Crippen molar-refractivity contribution in [3.8, 4) is 0 Å². The molecule has 0 spiro atoms. The van der Waals surface area contributed by atoms with Gasteiger partial charge in [-0.3, -0.25) is 9.36 Å². The zero-order chi connectivity index (χ0) is 19.4. The van der Waals surface area contributed by atoms with Crippen LogP contribution in [0.3, 0.4) is 0 Å². The Morgan fingerprint density at radius 1 is 1.31 bits per heavy atom. The van der Waals surface area contributed by atoms with Gasteiger partial charge in [-0.25, -0.2) is 9.59 Å². The zero-order valence-electron chi connectivity index (χ0n) is 15.2. The molecular weight excluding hydrogens is 406 g/mol. The number of aromatic amines is 1. The van der Waals surface area contributed by atoms with E-state index in [4.69, 9.17) is 9.47 Å². The lowest BCUT2D eigenvalue weighted by molar-refractivity contribution is -0.164. The van der Waals surface area contributed by atoms with E-state index in [0.717, 1.165) is 0 Å². The molecule has 8 nitrogen and oxygen atoms in total. The molecule has 140 valence electrons. The predicted molar refractivity (Wildman–Crippen MR) is 99.2 cm³/mol. The smallest absolute Gasteiger partial charge is 0.339 e. The van der Waals surface area contributed by atoms with E-state index < -0.39 is 17.7 Å². The summed E-state index contributed by atoms with van der Waals surface area (Å²) in [4.78, 5) is 39.5. The molecule has 0 radical (unpaired) electrons. The Labute approximate surface area is 158 Å². The number of hydrogen-bond acceptors (Lipinski definition) is 5. The molecule has 0 saturated carbocycles. The Kier molecular flexibility index (Phi) is 4.48. The number of esters is 1. The molecule has 0 aliphatic carbocycles. The van der Waals surface area contributed by atoms with Gasteiger partial charge >= 0.3 is 11.7 Å². The number of nitrogens with one attached hydrogen (secondary N) is 2. The minimum atomic E-state index is -1.03. The fraction of sp³-hybridized carbons (Fsp3) is 0.471. The van der Waals surface area contributed by atoms with Gasteiger partial charge in [0.1, 0.15) is 6.54 Å². The van der Waals surface area contributed by atoms with Crippen molar-refractivity contribution in [1.82, 2.24) is 9.55 Å². The van der Waals surface area contributed by atoms with Gasteiger partial charge in [-0.1, -0.05) is 0 Å². The number of benzene rings is 1. The summed E-state index contributed by atoms with van der Waals surface area (Å²) in [6, 6.07) is 0. The molecule has 0 fully saturated rings. The lowest BCUT2D eigenvalue weighted by Crippen LogP contribution is -2.31. The van der Waals surface area contributed by atoms with Crippen molar-refractivity contribution < 1.29 is 19.1 Å². The minimum absolute atomic E-state index is 0.0595. The third-order valence-corrected chi connectivity index (χ3v) is 4.99. The molecule has 0 bridgehead atoms. The van der Waals surface area contributed by atoms with Crippen LogP contribution in [0, 0.1) is 6.92 Å². The van der Waals surface area contributed by atoms with Crippen molar-refractivity contribution in [2.24, 2.45) is 0 Å². The van der Waals surface area contributed by atoms with Crippen LogP contribution < -0.4 is 11.0 Å². The normalized spacial score (nSPS) is 15.1. The van der Waals surface area contributed by atoms with Gasteiger partial charge in [-0.15, -0.1) is 0 Å². The second kappa shape index (κ2) is 6.24. The lowest BCUT2D eigenvalue weighted by Gasteiger charge is -2.29. The molecule has 26 heavy (non-hydrogen) atoms. The van der Waals surface area contributed by atoms with Gasteiger partial charge in [-0.05, 0) is 49.2 Å². The first-order valence-electron chi connectivity index (χ1n) is 8.05. The number of nitrogens with zero attached hydrogens (tertiary/aromatic N) is 1. The molecule has 1 aliphatic heterocycles. The number of methoxy groups -OCH3 is 1. The SMILES string of the molecule is COC(=O)[C@@H](OC(C)(C)C)c1c(C)c2c3c([nH]c(=O)n3CC(=O)N2)c1Br. The molecule has 1 aromatic carbocycles. The average Bonchev–Trinajstić information content (AvgIpc) is 2.87. The summed E-state index contributed by atoms with van der Waals surface area (Å²) in [6.45, 7) is 7.19. The predicted octanol–water partition coefficient (Wildman–Crippen LogP) is 2.38. The summed E-state index contributed by atoms with van der Waals surface area (Å²) in [5.41, 5.74) is 1.69. The molecule has 1 atom stereocenters. The third kappa shape index (κ3) is 2.95. The van der Waals surface area contributed by atoms with Crippen LogP contribution in [0.5, 0.6) is 0 Å². The first kappa shape index (κ1) is 18.7. The summed E-state index contributed by atoms with van der Waals surface area (Å²) >= 11 is 3.50. The monoisotopic (exact) mass is 425 g/mol. The largest absolute Gasteiger partial charge is 0.467 e. The number of carbonyl (C=O) groups excluding carboxylic acids is 2. The fourth-order valence-corrected chi connectivity index (χ4v) is 3.92. The molecular formula is C17H20BrN3O5. The molecule has 0 saturated heterocycles. The number of carbonyl (C=O) groups is 2. The third-order valence-electron chi connectivity index (χ3n) is 4.17. The van der Waals surface area contributed by atoms with E-state index >= 15 is 0 Å². The molecule has 0 unspecified atom stereocenters. The second-order valence-corrected chi connectivity index (χ2v) is 7.94. The van der Waals surface area contributed by atoms with E-state index in [9.17, 15) is 14.4 Å². The summed E-state index contributed by atoms with van der Waals surface area (Å²) < 4.78 is 12.8. The van der Waals surface area contributed by atoms with Crippen LogP contribution in [0.2, 0.25) is 0 Å². The van der Waals surface area contributed by atoms with E-state index in [1.807, 2.05) is 20.8 Å². The Morgan fingerprint density at radius 3 is 2.54 bits per heavy atom. The number of imidazole rings is 1. The van der Waals surface area contributed by atoms with Crippen molar-refractivity contribution >= 4 is 44.5 Å². The summed E-state index contributed by atoms with van der Waals surface area (Å²) in [5, 5.41) is 2.80. The Bertz CT molecular complexity index is 983. The number of ether oxygens (including phenoxy) is 2. The van der Waals surface area contributed by atoms with Crippen molar-refractivity contribution in [3.05, 3.63) is 26.1 Å². The highest BCUT2D eigenvalue weighted by molar-refractivity contribution is 9.10. The Hall–Kier alpha value is -2.13. The van der Waals surface area contributed by atoms with Gasteiger partial charge in [0.25, 0.3) is 0 Å². The maximum absolute atomic E-state index is 12.4. The van der Waals surface area contributed by atoms with Crippen LogP contribution in [0.15, 0.2) is 9.27 Å². The Morgan fingerprint density at radius 2 is 1.96 bits per heavy atom. The number of halogens is 1. The van der Waals surface area contributed by atoms with E-state index in [1.165, 1.54) is 11.7 Å². The average molecular weight is 426 g/mol. The maximum atomic E-state index is 12.4. The highest BCUT2D eigenvalue weighted by Gasteiger charge is 2.35. The zero-order valence-corrected chi connectivity index (χ0v) is 16.7. The number of H-pyrrole nitrogens is 1. The summed E-state index contributed by atoms with van der Waals surface area (Å²) in [7, 11) is 1.29. The molecule has 2 heterocycles. The number of rotatable bonds is 3. The molecule has 1 aromatic heterocycles. The van der Waals surface area contributed by atoms with Gasteiger partial charge in [0.05, 0.1) is 33.9 Å². The van der Waals surface area contributed by atoms with Crippen LogP contribution >= 0.6 is 15.9 Å². The van der Waals surface area contributed by atoms with Crippen LogP contribution in [0.1, 0.15) is 38.0 Å². The van der Waals surface area contributed by atoms with E-state index in [2.05, 4.69) is 26.2 Å². The minimum Gasteiger partial charge on any atom is -0.467 e. The highest BCUT2D eigenvalue weighted by Crippen LogP contribution is 2.42. The first-order chi connectivity index (χ1) is 12.0. The van der Waals surface area contributed by atoms with E-state index in [1.54, 1.807) is 6.92 Å². The molecule has 2 N–H and O–H groups in total. The number of hydrogen-bond donors (Lipinski definition) is 2. The van der Waals surface area contributed by atoms with Crippen LogP contribution in [0.25, 0.3) is 11.0 Å². The van der Waals surface area contributed by atoms with Crippen LogP contribution in [-0.2, 0) is 25.6 Å². The molecule has 1 aliphatic rings. The highest BCUT2D eigenvalue weighted by atomic mass is 79.9. The summed E-state index contributed by atoms with van der Waals surface area (Å²) in [6.07, 6.45) is -1.03. The van der Waals surface area contributed by atoms with Gasteiger partial charge < -0.3 is 19.8 Å². The Balaban J connectivity index is 2.34. The van der Waals surface area contributed by atoms with Gasteiger partial charge in [0.2, 0.25) is 5.91 Å².